The molecular weight excluding hydrogens is 479 g/mol. The number of halogens is 1. The second-order valence-electron chi connectivity index (χ2n) is 7.38. The lowest BCUT2D eigenvalue weighted by Crippen LogP contribution is -2.28. The fourth-order valence-electron chi connectivity index (χ4n) is 3.45. The van der Waals surface area contributed by atoms with E-state index in [-0.39, 0.29) is 34.6 Å². The minimum absolute atomic E-state index is 0.0443. The fraction of sp³-hybridized carbons (Fsp3) is 0.217. The van der Waals surface area contributed by atoms with E-state index in [2.05, 4.69) is 15.3 Å². The normalized spacial score (nSPS) is 16.5. The minimum atomic E-state index is -0.658. The van der Waals surface area contributed by atoms with Gasteiger partial charge in [-0.15, -0.1) is 21.5 Å². The summed E-state index contributed by atoms with van der Waals surface area (Å²) in [5.74, 6) is 0.304. The Morgan fingerprint density at radius 3 is 2.91 bits per heavy atom. The van der Waals surface area contributed by atoms with E-state index in [1.165, 1.54) is 17.1 Å². The van der Waals surface area contributed by atoms with E-state index < -0.39 is 11.9 Å². The minimum Gasteiger partial charge on any atom is -0.478 e. The van der Waals surface area contributed by atoms with E-state index in [1.807, 2.05) is 23.6 Å². The molecule has 0 spiro atoms. The van der Waals surface area contributed by atoms with Gasteiger partial charge in [0, 0.05) is 6.42 Å². The third-order valence-electron chi connectivity index (χ3n) is 5.07. The molecule has 1 aliphatic rings. The number of hydrazone groups is 1. The summed E-state index contributed by atoms with van der Waals surface area (Å²) in [5, 5.41) is 16.2. The molecule has 4 heterocycles. The summed E-state index contributed by atoms with van der Waals surface area (Å²) in [6.45, 7) is 1.68. The van der Waals surface area contributed by atoms with Crippen LogP contribution in [0, 0.1) is 5.82 Å². The van der Waals surface area contributed by atoms with Gasteiger partial charge in [-0.1, -0.05) is 30.0 Å². The van der Waals surface area contributed by atoms with Gasteiger partial charge in [0.1, 0.15) is 11.8 Å². The maximum atomic E-state index is 13.8. The van der Waals surface area contributed by atoms with Crippen molar-refractivity contribution in [1.29, 1.82) is 0 Å². The summed E-state index contributed by atoms with van der Waals surface area (Å²) in [4.78, 5) is 14.1. The number of para-hydroxylation sites is 1. The summed E-state index contributed by atoms with van der Waals surface area (Å²) < 4.78 is 30.6. The van der Waals surface area contributed by atoms with Crippen LogP contribution in [0.3, 0.4) is 0 Å². The molecule has 3 aromatic heterocycles. The largest absolute Gasteiger partial charge is 0.478 e. The Morgan fingerprint density at radius 1 is 1.26 bits per heavy atom. The van der Waals surface area contributed by atoms with Crippen molar-refractivity contribution in [2.24, 2.45) is 5.10 Å². The number of thioether (sulfide) groups is 1. The smallest absolute Gasteiger partial charge is 0.277 e. The van der Waals surface area contributed by atoms with E-state index in [4.69, 9.17) is 13.6 Å². The van der Waals surface area contributed by atoms with E-state index >= 15 is 0 Å². The molecule has 0 saturated heterocycles. The number of thiophene rings is 1. The molecule has 2 unspecified atom stereocenters. The third kappa shape index (κ3) is 4.75. The zero-order valence-electron chi connectivity index (χ0n) is 18.0. The number of carbonyl (C=O) groups is 1. The molecule has 4 aromatic rings. The first kappa shape index (κ1) is 22.4. The van der Waals surface area contributed by atoms with Crippen LogP contribution < -0.4 is 4.74 Å². The molecule has 0 aliphatic carbocycles. The van der Waals surface area contributed by atoms with Crippen LogP contribution in [0.1, 0.15) is 42.0 Å². The number of amides is 1. The van der Waals surface area contributed by atoms with Crippen molar-refractivity contribution in [3.8, 4) is 5.75 Å². The Bertz CT molecular complexity index is 1290. The number of carbonyl (C=O) groups excluding carboxylic acids is 1. The van der Waals surface area contributed by atoms with Gasteiger partial charge >= 0.3 is 0 Å². The first-order valence-electron chi connectivity index (χ1n) is 10.4. The first-order valence-corrected chi connectivity index (χ1v) is 12.3. The van der Waals surface area contributed by atoms with Crippen LogP contribution >= 0.6 is 23.1 Å². The number of rotatable bonds is 8. The van der Waals surface area contributed by atoms with Crippen molar-refractivity contribution in [1.82, 2.24) is 15.2 Å². The van der Waals surface area contributed by atoms with E-state index in [0.29, 0.717) is 12.2 Å². The van der Waals surface area contributed by atoms with Gasteiger partial charge in [-0.2, -0.15) is 5.10 Å². The summed E-state index contributed by atoms with van der Waals surface area (Å²) in [7, 11) is 0. The Morgan fingerprint density at radius 2 is 2.15 bits per heavy atom. The second-order valence-corrected chi connectivity index (χ2v) is 9.26. The molecule has 0 fully saturated rings. The molecule has 1 aromatic carbocycles. The molecule has 0 bridgehead atoms. The highest BCUT2D eigenvalue weighted by molar-refractivity contribution is 7.99. The quantitative estimate of drug-likeness (QED) is 0.297. The molecular formula is C23H19FN4O4S2. The molecule has 1 amide bonds. The van der Waals surface area contributed by atoms with Crippen LogP contribution in [-0.4, -0.2) is 32.6 Å². The van der Waals surface area contributed by atoms with E-state index in [9.17, 15) is 9.18 Å². The molecule has 0 saturated carbocycles. The first-order chi connectivity index (χ1) is 16.6. The number of furan rings is 1. The molecule has 11 heteroatoms. The summed E-state index contributed by atoms with van der Waals surface area (Å²) in [6, 6.07) is 13.3. The predicted molar refractivity (Wildman–Crippen MR) is 124 cm³/mol. The van der Waals surface area contributed by atoms with Crippen LogP contribution in [0.15, 0.2) is 79.3 Å². The lowest BCUT2D eigenvalue weighted by atomic mass is 10.1. The number of benzene rings is 1. The number of hydrogen-bond acceptors (Lipinski definition) is 9. The van der Waals surface area contributed by atoms with Crippen LogP contribution in [0.5, 0.6) is 5.75 Å². The van der Waals surface area contributed by atoms with Gasteiger partial charge in [-0.05, 0) is 42.6 Å². The zero-order chi connectivity index (χ0) is 23.5. The van der Waals surface area contributed by atoms with Gasteiger partial charge in [0.05, 0.1) is 22.6 Å². The van der Waals surface area contributed by atoms with E-state index in [1.54, 1.807) is 42.7 Å². The highest BCUT2D eigenvalue weighted by atomic mass is 32.2. The number of ether oxygens (including phenoxy) is 1. The van der Waals surface area contributed by atoms with Crippen LogP contribution in [0.4, 0.5) is 4.39 Å². The van der Waals surface area contributed by atoms with Gasteiger partial charge in [0.15, 0.2) is 17.7 Å². The molecule has 34 heavy (non-hydrogen) atoms. The summed E-state index contributed by atoms with van der Waals surface area (Å²) >= 11 is 2.68. The highest BCUT2D eigenvalue weighted by Crippen LogP contribution is 2.35. The predicted octanol–water partition coefficient (Wildman–Crippen LogP) is 5.47. The Labute approximate surface area is 202 Å². The monoisotopic (exact) mass is 498 g/mol. The molecule has 0 N–H and O–H groups in total. The van der Waals surface area contributed by atoms with E-state index in [0.717, 1.165) is 22.4 Å². The van der Waals surface area contributed by atoms with Crippen molar-refractivity contribution < 1.29 is 22.8 Å². The maximum Gasteiger partial charge on any atom is 0.277 e. The average Bonchev–Trinajstić information content (AvgIpc) is 3.64. The third-order valence-corrected chi connectivity index (χ3v) is 6.79. The molecule has 174 valence electrons. The van der Waals surface area contributed by atoms with Crippen LogP contribution in [0.2, 0.25) is 0 Å². The lowest BCUT2D eigenvalue weighted by molar-refractivity contribution is -0.130. The molecule has 0 radical (unpaired) electrons. The van der Waals surface area contributed by atoms with Crippen molar-refractivity contribution >= 4 is 34.7 Å². The number of aromatic nitrogens is 2. The van der Waals surface area contributed by atoms with Crippen LogP contribution in [-0.2, 0) is 4.79 Å². The van der Waals surface area contributed by atoms with Gasteiger partial charge in [-0.3, -0.25) is 4.79 Å². The van der Waals surface area contributed by atoms with Crippen LogP contribution in [0.25, 0.3) is 0 Å². The van der Waals surface area contributed by atoms with Gasteiger partial charge in [0.25, 0.3) is 17.0 Å². The average molecular weight is 499 g/mol. The molecule has 5 rings (SSSR count). The van der Waals surface area contributed by atoms with Gasteiger partial charge in [0.2, 0.25) is 0 Å². The fourth-order valence-corrected chi connectivity index (χ4v) is 4.79. The topological polar surface area (TPSA) is 94.0 Å². The Kier molecular flexibility index (Phi) is 6.45. The Balaban J connectivity index is 1.24. The SMILES string of the molecule is CC(Oc1ccccc1F)c1nnc(SCC(=O)N2N=C(c3cccs3)CC2c2ccco2)o1. The van der Waals surface area contributed by atoms with Crippen molar-refractivity contribution in [2.45, 2.75) is 30.7 Å². The van der Waals surface area contributed by atoms with Crippen molar-refractivity contribution in [3.63, 3.8) is 0 Å². The lowest BCUT2D eigenvalue weighted by Gasteiger charge is -2.19. The van der Waals surface area contributed by atoms with Gasteiger partial charge in [-0.25, -0.2) is 9.40 Å². The maximum absolute atomic E-state index is 13.8. The highest BCUT2D eigenvalue weighted by Gasteiger charge is 2.35. The van der Waals surface area contributed by atoms with Crippen molar-refractivity contribution in [2.75, 3.05) is 5.75 Å². The summed E-state index contributed by atoms with van der Waals surface area (Å²) in [6.07, 6.45) is 1.50. The standard InChI is InChI=1S/C23H19FN4O4S2/c1-14(31-18-7-3-2-6-15(18)24)22-25-26-23(32-22)34-13-21(29)28-17(19-8-4-10-30-19)12-16(27-28)20-9-5-11-33-20/h2-11,14,17H,12-13H2,1H3. The number of nitrogens with zero attached hydrogens (tertiary/aromatic N) is 4. The molecule has 1 aliphatic heterocycles. The molecule has 8 nitrogen and oxygen atoms in total. The number of hydrogen-bond donors (Lipinski definition) is 0. The van der Waals surface area contributed by atoms with Gasteiger partial charge < -0.3 is 13.6 Å². The second kappa shape index (κ2) is 9.82. The van der Waals surface area contributed by atoms with Crippen molar-refractivity contribution in [3.05, 3.63) is 82.5 Å². The zero-order valence-corrected chi connectivity index (χ0v) is 19.6. The molecule has 2 atom stereocenters. The summed E-state index contributed by atoms with van der Waals surface area (Å²) in [5.41, 5.74) is 0.842. The Hall–Kier alpha value is -3.44.